The summed E-state index contributed by atoms with van der Waals surface area (Å²) in [6, 6.07) is 9.27. The van der Waals surface area contributed by atoms with Gasteiger partial charge in [-0.1, -0.05) is 18.2 Å². The largest absolute Gasteiger partial charge is 0.573 e. The third kappa shape index (κ3) is 6.07. The molecule has 0 fully saturated rings. The molecule has 3 aromatic rings. The van der Waals surface area contributed by atoms with Crippen LogP contribution in [0.4, 0.5) is 17.6 Å². The second kappa shape index (κ2) is 9.82. The van der Waals surface area contributed by atoms with Crippen LogP contribution in [0.3, 0.4) is 0 Å². The smallest absolute Gasteiger partial charge is 0.406 e. The molecule has 170 valence electrons. The van der Waals surface area contributed by atoms with Crippen molar-refractivity contribution in [1.82, 2.24) is 14.5 Å². The number of hydrogen-bond donors (Lipinski definition) is 0. The Morgan fingerprint density at radius 2 is 1.88 bits per heavy atom. The molecule has 1 amide bonds. The zero-order valence-corrected chi connectivity index (χ0v) is 17.4. The number of methoxy groups -OCH3 is 1. The first-order chi connectivity index (χ1) is 15.2. The minimum Gasteiger partial charge on any atom is -0.406 e. The number of ether oxygens (including phenoxy) is 2. The summed E-state index contributed by atoms with van der Waals surface area (Å²) in [5.41, 5.74) is 1.47. The average Bonchev–Trinajstić information content (AvgIpc) is 3.17. The van der Waals surface area contributed by atoms with Gasteiger partial charge in [-0.05, 0) is 35.4 Å². The van der Waals surface area contributed by atoms with E-state index in [4.69, 9.17) is 4.74 Å². The van der Waals surface area contributed by atoms with Crippen molar-refractivity contribution in [2.24, 2.45) is 7.05 Å². The number of alkyl halides is 3. The number of halogens is 4. The van der Waals surface area contributed by atoms with Crippen molar-refractivity contribution in [3.63, 3.8) is 0 Å². The Morgan fingerprint density at radius 1 is 1.16 bits per heavy atom. The summed E-state index contributed by atoms with van der Waals surface area (Å²) in [6.07, 6.45) is -1.69. The maximum atomic E-state index is 14.5. The van der Waals surface area contributed by atoms with Gasteiger partial charge in [0.15, 0.2) is 0 Å². The molecule has 0 saturated carbocycles. The van der Waals surface area contributed by atoms with Gasteiger partial charge in [0.05, 0.1) is 12.9 Å². The van der Waals surface area contributed by atoms with Crippen molar-refractivity contribution in [3.05, 3.63) is 72.1 Å². The molecule has 0 aliphatic heterocycles. The molecular weight excluding hydrogens is 430 g/mol. The number of aryl methyl sites for hydroxylation is 1. The van der Waals surface area contributed by atoms with E-state index in [-0.39, 0.29) is 23.7 Å². The van der Waals surface area contributed by atoms with Gasteiger partial charge >= 0.3 is 6.36 Å². The fourth-order valence-corrected chi connectivity index (χ4v) is 3.09. The van der Waals surface area contributed by atoms with Crippen molar-refractivity contribution in [2.75, 3.05) is 20.3 Å². The number of imidazole rings is 1. The Bertz CT molecular complexity index is 1070. The van der Waals surface area contributed by atoms with Gasteiger partial charge in [-0.2, -0.15) is 0 Å². The second-order valence-corrected chi connectivity index (χ2v) is 7.03. The quantitative estimate of drug-likeness (QED) is 0.476. The molecule has 0 unspecified atom stereocenters. The summed E-state index contributed by atoms with van der Waals surface area (Å²) in [5, 5.41) is 0. The number of hydrogen-bond acceptors (Lipinski definition) is 4. The summed E-state index contributed by atoms with van der Waals surface area (Å²) in [7, 11) is 3.27. The molecular formula is C22H21F4N3O3. The number of nitrogens with zero attached hydrogens (tertiary/aromatic N) is 3. The topological polar surface area (TPSA) is 56.6 Å². The van der Waals surface area contributed by atoms with E-state index < -0.39 is 17.9 Å². The Labute approximate surface area is 182 Å². The predicted octanol–water partition coefficient (Wildman–Crippen LogP) is 4.41. The molecule has 0 bridgehead atoms. The van der Waals surface area contributed by atoms with Gasteiger partial charge < -0.3 is 18.9 Å². The maximum Gasteiger partial charge on any atom is 0.573 e. The molecule has 3 rings (SSSR count). The summed E-state index contributed by atoms with van der Waals surface area (Å²) >= 11 is 0. The summed E-state index contributed by atoms with van der Waals surface area (Å²) in [6.45, 7) is 0.761. The Hall–Kier alpha value is -3.40. The number of carbonyl (C=O) groups excluding carboxylic acids is 1. The van der Waals surface area contributed by atoms with Gasteiger partial charge in [0.2, 0.25) is 0 Å². The van der Waals surface area contributed by atoms with Gasteiger partial charge in [-0.15, -0.1) is 13.2 Å². The molecule has 0 saturated heterocycles. The molecule has 0 radical (unpaired) electrons. The summed E-state index contributed by atoms with van der Waals surface area (Å²) in [5.74, 6) is -1.25. The first kappa shape index (κ1) is 23.3. The fraction of sp³-hybridized carbons (Fsp3) is 0.273. The summed E-state index contributed by atoms with van der Waals surface area (Å²) in [4.78, 5) is 18.5. The van der Waals surface area contributed by atoms with E-state index in [0.717, 1.165) is 12.1 Å². The third-order valence-corrected chi connectivity index (χ3v) is 4.58. The number of aromatic nitrogens is 2. The van der Waals surface area contributed by atoms with E-state index in [1.54, 1.807) is 29.9 Å². The van der Waals surface area contributed by atoms with Crippen LogP contribution < -0.4 is 4.74 Å². The fourth-order valence-electron chi connectivity index (χ4n) is 3.09. The lowest BCUT2D eigenvalue weighted by Gasteiger charge is -2.22. The van der Waals surface area contributed by atoms with Crippen molar-refractivity contribution in [3.8, 4) is 16.9 Å². The first-order valence-electron chi connectivity index (χ1n) is 9.57. The number of rotatable bonds is 8. The minimum atomic E-state index is -4.81. The van der Waals surface area contributed by atoms with Gasteiger partial charge in [0.25, 0.3) is 5.91 Å². The van der Waals surface area contributed by atoms with E-state index in [9.17, 15) is 22.4 Å². The van der Waals surface area contributed by atoms with Crippen molar-refractivity contribution >= 4 is 5.91 Å². The van der Waals surface area contributed by atoms with Crippen LogP contribution >= 0.6 is 0 Å². The van der Waals surface area contributed by atoms with Gasteiger partial charge in [-0.25, -0.2) is 9.37 Å². The Morgan fingerprint density at radius 3 is 2.47 bits per heavy atom. The van der Waals surface area contributed by atoms with Gasteiger partial charge in [-0.3, -0.25) is 4.79 Å². The highest BCUT2D eigenvalue weighted by atomic mass is 19.4. The van der Waals surface area contributed by atoms with Crippen LogP contribution in [0.2, 0.25) is 0 Å². The van der Waals surface area contributed by atoms with Crippen molar-refractivity contribution in [1.29, 1.82) is 0 Å². The highest BCUT2D eigenvalue weighted by Gasteiger charge is 2.31. The normalized spacial score (nSPS) is 11.4. The molecule has 32 heavy (non-hydrogen) atoms. The lowest BCUT2D eigenvalue weighted by Crippen LogP contribution is -2.33. The van der Waals surface area contributed by atoms with Crippen LogP contribution in [0.15, 0.2) is 55.0 Å². The average molecular weight is 451 g/mol. The Kier molecular flexibility index (Phi) is 7.14. The minimum absolute atomic E-state index is 0.168. The van der Waals surface area contributed by atoms with Crippen LogP contribution in [0.1, 0.15) is 16.1 Å². The zero-order valence-electron chi connectivity index (χ0n) is 17.4. The number of benzene rings is 2. The van der Waals surface area contributed by atoms with Crippen molar-refractivity contribution in [2.45, 2.75) is 12.9 Å². The van der Waals surface area contributed by atoms with Crippen LogP contribution in [0.5, 0.6) is 5.75 Å². The van der Waals surface area contributed by atoms with Crippen molar-refractivity contribution < 1.29 is 31.8 Å². The Balaban J connectivity index is 1.83. The second-order valence-electron chi connectivity index (χ2n) is 7.03. The third-order valence-electron chi connectivity index (χ3n) is 4.58. The molecule has 10 heteroatoms. The lowest BCUT2D eigenvalue weighted by atomic mass is 10.0. The monoisotopic (exact) mass is 451 g/mol. The highest BCUT2D eigenvalue weighted by molar-refractivity contribution is 5.92. The van der Waals surface area contributed by atoms with E-state index in [1.807, 2.05) is 0 Å². The predicted molar refractivity (Wildman–Crippen MR) is 108 cm³/mol. The van der Waals surface area contributed by atoms with E-state index in [0.29, 0.717) is 24.3 Å². The standard InChI is InChI=1S/C22H21F4N3O3/c1-28-13-20(27-14-28)21(30)29(9-10-31-2)12-15-3-8-19(23)18(11-15)16-4-6-17(7-5-16)32-22(24,25)26/h3-8,11,13-14H,9-10,12H2,1-2H3. The molecule has 0 aliphatic carbocycles. The van der Waals surface area contributed by atoms with Crippen LogP contribution in [0.25, 0.3) is 11.1 Å². The van der Waals surface area contributed by atoms with Crippen LogP contribution in [-0.4, -0.2) is 47.0 Å². The molecule has 0 spiro atoms. The SMILES string of the molecule is COCCN(Cc1ccc(F)c(-c2ccc(OC(F)(F)F)cc2)c1)C(=O)c1cn(C)cn1. The lowest BCUT2D eigenvalue weighted by molar-refractivity contribution is -0.274. The van der Waals surface area contributed by atoms with Gasteiger partial charge in [0.1, 0.15) is 17.3 Å². The molecule has 2 aromatic carbocycles. The maximum absolute atomic E-state index is 14.5. The first-order valence-corrected chi connectivity index (χ1v) is 9.57. The highest BCUT2D eigenvalue weighted by Crippen LogP contribution is 2.29. The molecule has 1 heterocycles. The van der Waals surface area contributed by atoms with Crippen LogP contribution in [0, 0.1) is 5.82 Å². The van der Waals surface area contributed by atoms with E-state index >= 15 is 0 Å². The number of amides is 1. The number of carbonyl (C=O) groups is 1. The van der Waals surface area contributed by atoms with E-state index in [2.05, 4.69) is 9.72 Å². The molecule has 0 N–H and O–H groups in total. The molecule has 1 aromatic heterocycles. The molecule has 6 nitrogen and oxygen atoms in total. The van der Waals surface area contributed by atoms with E-state index in [1.165, 1.54) is 36.5 Å². The molecule has 0 atom stereocenters. The summed E-state index contributed by atoms with van der Waals surface area (Å²) < 4.78 is 62.1. The van der Waals surface area contributed by atoms with Gasteiger partial charge in [0, 0.05) is 39.0 Å². The van der Waals surface area contributed by atoms with Crippen LogP contribution in [-0.2, 0) is 18.3 Å². The zero-order chi connectivity index (χ0) is 23.3. The molecule has 0 aliphatic rings.